The minimum Gasteiger partial charge on any atom is -0.338 e. The van der Waals surface area contributed by atoms with Gasteiger partial charge in [-0.1, -0.05) is 0 Å². The van der Waals surface area contributed by atoms with Gasteiger partial charge >= 0.3 is 0 Å². The van der Waals surface area contributed by atoms with Crippen molar-refractivity contribution in [2.45, 2.75) is 18.7 Å². The van der Waals surface area contributed by atoms with Crippen LogP contribution in [0.4, 0.5) is 11.6 Å². The second-order valence-corrected chi connectivity index (χ2v) is 11.9. The number of anilines is 2. The summed E-state index contributed by atoms with van der Waals surface area (Å²) < 4.78 is 53.1. The van der Waals surface area contributed by atoms with Crippen LogP contribution in [0.15, 0.2) is 47.6 Å². The average molecular weight is 466 g/mol. The Balaban J connectivity index is 1.51. The Morgan fingerprint density at radius 3 is 2.06 bits per heavy atom. The molecule has 2 aliphatic rings. The molecule has 2 aliphatic heterocycles. The molecule has 0 radical (unpaired) electrons. The van der Waals surface area contributed by atoms with Crippen molar-refractivity contribution in [2.24, 2.45) is 5.41 Å². The lowest BCUT2D eigenvalue weighted by Crippen LogP contribution is -2.49. The van der Waals surface area contributed by atoms with Crippen molar-refractivity contribution < 1.29 is 21.6 Å². The maximum absolute atomic E-state index is 13.0. The van der Waals surface area contributed by atoms with E-state index in [-0.39, 0.29) is 29.4 Å². The lowest BCUT2D eigenvalue weighted by atomic mass is 9.95. The van der Waals surface area contributed by atoms with Crippen LogP contribution in [0.5, 0.6) is 0 Å². The second kappa shape index (κ2) is 7.53. The number of amides is 1. The number of piperazine rings is 1. The smallest absolute Gasteiger partial charge is 0.247 e. The van der Waals surface area contributed by atoms with Crippen LogP contribution in [0.2, 0.25) is 0 Å². The third-order valence-electron chi connectivity index (χ3n) is 5.37. The van der Waals surface area contributed by atoms with Gasteiger partial charge in [0.25, 0.3) is 0 Å². The predicted molar refractivity (Wildman–Crippen MR) is 114 cm³/mol. The summed E-state index contributed by atoms with van der Waals surface area (Å²) in [5, 5.41) is 0. The van der Waals surface area contributed by atoms with Gasteiger partial charge in [0.05, 0.1) is 21.8 Å². The molecule has 2 fully saturated rings. The van der Waals surface area contributed by atoms with E-state index in [0.29, 0.717) is 19.0 Å². The van der Waals surface area contributed by atoms with Gasteiger partial charge in [0, 0.05) is 38.6 Å². The Bertz CT molecular complexity index is 1190. The van der Waals surface area contributed by atoms with E-state index >= 15 is 0 Å². The van der Waals surface area contributed by atoms with Crippen LogP contribution in [-0.2, 0) is 24.8 Å². The molecule has 2 aromatic rings. The molecule has 3 heterocycles. The summed E-state index contributed by atoms with van der Waals surface area (Å²) in [5.74, 6) is -0.250. The van der Waals surface area contributed by atoms with Crippen LogP contribution in [0, 0.1) is 5.41 Å². The monoisotopic (exact) mass is 465 g/mol. The SMILES string of the molecule is CC1(C)CS(=O)(=O)N(c2ccc(S(=O)(=O)N3CCN(c4ncccn4)CC3)cc2)C1=O. The van der Waals surface area contributed by atoms with Gasteiger partial charge in [0.2, 0.25) is 31.9 Å². The average Bonchev–Trinajstić information content (AvgIpc) is 2.91. The minimum absolute atomic E-state index is 0.0453. The molecule has 0 N–H and O–H groups in total. The fraction of sp³-hybridized carbons (Fsp3) is 0.421. The first-order chi connectivity index (χ1) is 14.5. The zero-order valence-corrected chi connectivity index (χ0v) is 18.8. The first kappa shape index (κ1) is 21.7. The summed E-state index contributed by atoms with van der Waals surface area (Å²) in [6.45, 7) is 4.61. The van der Waals surface area contributed by atoms with Gasteiger partial charge in [-0.25, -0.2) is 31.1 Å². The summed E-state index contributed by atoms with van der Waals surface area (Å²) >= 11 is 0. The van der Waals surface area contributed by atoms with Crippen LogP contribution < -0.4 is 9.21 Å². The molecule has 12 heteroatoms. The first-order valence-electron chi connectivity index (χ1n) is 9.72. The fourth-order valence-corrected chi connectivity index (χ4v) is 7.28. The quantitative estimate of drug-likeness (QED) is 0.647. The molecule has 1 aromatic heterocycles. The maximum atomic E-state index is 13.0. The zero-order chi connectivity index (χ0) is 22.4. The second-order valence-electron chi connectivity index (χ2n) is 8.14. The van der Waals surface area contributed by atoms with E-state index in [2.05, 4.69) is 9.97 Å². The summed E-state index contributed by atoms with van der Waals surface area (Å²) in [6, 6.07) is 7.11. The van der Waals surface area contributed by atoms with Crippen molar-refractivity contribution in [3.63, 3.8) is 0 Å². The molecule has 0 unspecified atom stereocenters. The van der Waals surface area contributed by atoms with Crippen LogP contribution >= 0.6 is 0 Å². The van der Waals surface area contributed by atoms with Crippen molar-refractivity contribution in [2.75, 3.05) is 41.1 Å². The van der Waals surface area contributed by atoms with Crippen LogP contribution in [-0.4, -0.2) is 68.9 Å². The molecular formula is C19H23N5O5S2. The summed E-state index contributed by atoms with van der Waals surface area (Å²) in [5.41, 5.74) is -0.883. The van der Waals surface area contributed by atoms with Crippen molar-refractivity contribution in [3.8, 4) is 0 Å². The van der Waals surface area contributed by atoms with E-state index in [1.807, 2.05) is 4.90 Å². The third-order valence-corrected chi connectivity index (χ3v) is 9.30. The largest absolute Gasteiger partial charge is 0.338 e. The summed E-state index contributed by atoms with van der Waals surface area (Å²) in [4.78, 5) is 22.9. The van der Waals surface area contributed by atoms with E-state index in [0.717, 1.165) is 4.31 Å². The standard InChI is InChI=1S/C19H23N5O5S2/c1-19(2)14-30(26,27)24(17(19)25)15-4-6-16(7-5-15)31(28,29)23-12-10-22(11-13-23)18-20-8-3-9-21-18/h3-9H,10-14H2,1-2H3. The summed E-state index contributed by atoms with van der Waals surface area (Å²) in [6.07, 6.45) is 3.28. The molecule has 1 aromatic carbocycles. The fourth-order valence-electron chi connectivity index (χ4n) is 3.75. The van der Waals surface area contributed by atoms with Crippen molar-refractivity contribution >= 4 is 37.6 Å². The highest BCUT2D eigenvalue weighted by Crippen LogP contribution is 2.36. The highest BCUT2D eigenvalue weighted by Gasteiger charge is 2.49. The van der Waals surface area contributed by atoms with Crippen LogP contribution in [0.3, 0.4) is 0 Å². The highest BCUT2D eigenvalue weighted by molar-refractivity contribution is 7.94. The zero-order valence-electron chi connectivity index (χ0n) is 17.2. The molecule has 0 atom stereocenters. The Kier molecular flexibility index (Phi) is 5.26. The van der Waals surface area contributed by atoms with E-state index in [1.54, 1.807) is 32.3 Å². The van der Waals surface area contributed by atoms with E-state index in [4.69, 9.17) is 0 Å². The topological polar surface area (TPSA) is 121 Å². The molecule has 4 rings (SSSR count). The van der Waals surface area contributed by atoms with Gasteiger partial charge in [0.15, 0.2) is 0 Å². The van der Waals surface area contributed by atoms with Crippen LogP contribution in [0.25, 0.3) is 0 Å². The molecule has 0 saturated carbocycles. The third kappa shape index (κ3) is 3.90. The van der Waals surface area contributed by atoms with Gasteiger partial charge in [0.1, 0.15) is 0 Å². The molecule has 1 amide bonds. The van der Waals surface area contributed by atoms with Gasteiger partial charge < -0.3 is 4.90 Å². The van der Waals surface area contributed by atoms with E-state index in [1.165, 1.54) is 28.6 Å². The molecule has 166 valence electrons. The van der Waals surface area contributed by atoms with Gasteiger partial charge in [-0.05, 0) is 44.2 Å². The number of carbonyl (C=O) groups excluding carboxylic acids is 1. The van der Waals surface area contributed by atoms with Crippen LogP contribution in [0.1, 0.15) is 13.8 Å². The Morgan fingerprint density at radius 1 is 0.968 bits per heavy atom. The molecule has 31 heavy (non-hydrogen) atoms. The number of nitrogens with zero attached hydrogens (tertiary/aromatic N) is 5. The summed E-state index contributed by atoms with van der Waals surface area (Å²) in [7, 11) is -7.55. The van der Waals surface area contributed by atoms with Gasteiger partial charge in [-0.3, -0.25) is 4.79 Å². The number of aromatic nitrogens is 2. The van der Waals surface area contributed by atoms with Crippen molar-refractivity contribution in [3.05, 3.63) is 42.7 Å². The number of carbonyl (C=O) groups is 1. The number of hydrogen-bond donors (Lipinski definition) is 0. The lowest BCUT2D eigenvalue weighted by Gasteiger charge is -2.33. The molecule has 0 spiro atoms. The molecule has 0 bridgehead atoms. The van der Waals surface area contributed by atoms with E-state index < -0.39 is 31.4 Å². The first-order valence-corrected chi connectivity index (χ1v) is 12.8. The predicted octanol–water partition coefficient (Wildman–Crippen LogP) is 0.690. The lowest BCUT2D eigenvalue weighted by molar-refractivity contribution is -0.123. The Labute approximate surface area is 181 Å². The van der Waals surface area contributed by atoms with E-state index in [9.17, 15) is 21.6 Å². The number of rotatable bonds is 4. The maximum Gasteiger partial charge on any atom is 0.247 e. The normalized spacial score (nSPS) is 21.4. The van der Waals surface area contributed by atoms with Gasteiger partial charge in [-0.2, -0.15) is 4.31 Å². The number of benzene rings is 1. The number of sulfonamides is 2. The molecule has 0 aliphatic carbocycles. The Hall–Kier alpha value is -2.57. The molecule has 10 nitrogen and oxygen atoms in total. The van der Waals surface area contributed by atoms with Crippen molar-refractivity contribution in [1.82, 2.24) is 14.3 Å². The van der Waals surface area contributed by atoms with Gasteiger partial charge in [-0.15, -0.1) is 0 Å². The Morgan fingerprint density at radius 2 is 1.55 bits per heavy atom. The molecular weight excluding hydrogens is 442 g/mol. The van der Waals surface area contributed by atoms with Crippen molar-refractivity contribution in [1.29, 1.82) is 0 Å². The number of hydrogen-bond acceptors (Lipinski definition) is 8. The minimum atomic E-state index is -3.79. The molecule has 2 saturated heterocycles. The highest BCUT2D eigenvalue weighted by atomic mass is 32.2.